The molecule has 0 aromatic heterocycles. The lowest BCUT2D eigenvalue weighted by molar-refractivity contribution is -0.138. The fourth-order valence-corrected chi connectivity index (χ4v) is 3.63. The highest BCUT2D eigenvalue weighted by atomic mass is 16.6. The molecule has 8 nitrogen and oxygen atoms in total. The Labute approximate surface area is 170 Å². The second-order valence-corrected chi connectivity index (χ2v) is 8.09. The largest absolute Gasteiger partial charge is 0.479 e. The number of hydrogen-bond donors (Lipinski definition) is 2. The summed E-state index contributed by atoms with van der Waals surface area (Å²) in [6.45, 7) is 7.58. The molecule has 0 radical (unpaired) electrons. The molecule has 0 saturated carbocycles. The molecule has 0 unspecified atom stereocenters. The number of hydrogen-bond acceptors (Lipinski definition) is 5. The number of nitrogens with zero attached hydrogens (tertiary/aromatic N) is 2. The van der Waals surface area contributed by atoms with Gasteiger partial charge in [-0.15, -0.1) is 0 Å². The first kappa shape index (κ1) is 21.3. The lowest BCUT2D eigenvalue weighted by atomic mass is 10.0. The van der Waals surface area contributed by atoms with Crippen molar-refractivity contribution in [2.75, 3.05) is 26.2 Å². The predicted octanol–water partition coefficient (Wildman–Crippen LogP) is 0.714. The average molecular weight is 403 g/mol. The van der Waals surface area contributed by atoms with Crippen molar-refractivity contribution in [1.29, 1.82) is 0 Å². The molecule has 0 spiro atoms. The van der Waals surface area contributed by atoms with Crippen LogP contribution in [0.25, 0.3) is 0 Å². The maximum Gasteiger partial charge on any atom is 0.336 e. The zero-order valence-electron chi connectivity index (χ0n) is 16.9. The summed E-state index contributed by atoms with van der Waals surface area (Å²) in [6, 6.07) is 9.56. The molecule has 8 heteroatoms. The number of carboxylic acid groups (broad SMARTS) is 1. The number of epoxide rings is 1. The quantitative estimate of drug-likeness (QED) is 0.620. The van der Waals surface area contributed by atoms with Crippen LogP contribution in [-0.2, 0) is 25.7 Å². The highest BCUT2D eigenvalue weighted by Crippen LogP contribution is 2.23. The number of nitrogens with one attached hydrogen (secondary N) is 1. The van der Waals surface area contributed by atoms with Gasteiger partial charge in [0.1, 0.15) is 6.04 Å². The molecule has 2 N–H and O–H groups in total. The minimum Gasteiger partial charge on any atom is -0.479 e. The standard InChI is InChI=1S/C21H29N3O5/c1-14(2)12-16(22-19(25)17-18(29-17)21(27)28)20(26)24-10-8-23(9-11-24)13-15-6-4-3-5-7-15/h3-7,14,16-18H,8-13H2,1-2H3,(H,22,25)(H,27,28)/t16-,17-,18-/m0/s1. The highest BCUT2D eigenvalue weighted by molar-refractivity contribution is 5.95. The van der Waals surface area contributed by atoms with Crippen molar-refractivity contribution in [3.63, 3.8) is 0 Å². The van der Waals surface area contributed by atoms with E-state index in [0.29, 0.717) is 19.5 Å². The van der Waals surface area contributed by atoms with Crippen molar-refractivity contribution in [2.24, 2.45) is 5.92 Å². The molecule has 158 valence electrons. The second kappa shape index (κ2) is 9.37. The molecule has 2 fully saturated rings. The lowest BCUT2D eigenvalue weighted by Gasteiger charge is -2.36. The van der Waals surface area contributed by atoms with E-state index >= 15 is 0 Å². The van der Waals surface area contributed by atoms with Gasteiger partial charge in [0.15, 0.2) is 12.2 Å². The van der Waals surface area contributed by atoms with Crippen molar-refractivity contribution in [3.8, 4) is 0 Å². The number of benzene rings is 1. The molecule has 2 saturated heterocycles. The van der Waals surface area contributed by atoms with Gasteiger partial charge in [0.2, 0.25) is 5.91 Å². The van der Waals surface area contributed by atoms with E-state index in [1.165, 1.54) is 5.56 Å². The summed E-state index contributed by atoms with van der Waals surface area (Å²) >= 11 is 0. The smallest absolute Gasteiger partial charge is 0.336 e. The Morgan fingerprint density at radius 3 is 2.31 bits per heavy atom. The van der Waals surface area contributed by atoms with Crippen LogP contribution in [0.15, 0.2) is 30.3 Å². The minimum atomic E-state index is -1.16. The molecule has 2 heterocycles. The van der Waals surface area contributed by atoms with Crippen LogP contribution in [0.4, 0.5) is 0 Å². The summed E-state index contributed by atoms with van der Waals surface area (Å²) in [6.07, 6.45) is -1.61. The summed E-state index contributed by atoms with van der Waals surface area (Å²) < 4.78 is 4.90. The molecular weight excluding hydrogens is 374 g/mol. The molecule has 2 aliphatic heterocycles. The number of amides is 2. The van der Waals surface area contributed by atoms with Crippen molar-refractivity contribution < 1.29 is 24.2 Å². The van der Waals surface area contributed by atoms with E-state index in [9.17, 15) is 14.4 Å². The van der Waals surface area contributed by atoms with E-state index in [4.69, 9.17) is 9.84 Å². The third-order valence-electron chi connectivity index (χ3n) is 5.25. The monoisotopic (exact) mass is 403 g/mol. The average Bonchev–Trinajstić information content (AvgIpc) is 3.49. The summed E-state index contributed by atoms with van der Waals surface area (Å²) in [5.41, 5.74) is 1.25. The molecule has 1 aromatic carbocycles. The van der Waals surface area contributed by atoms with E-state index in [1.807, 2.05) is 32.0 Å². The molecule has 2 aliphatic rings. The number of rotatable bonds is 8. The third-order valence-corrected chi connectivity index (χ3v) is 5.25. The molecule has 3 rings (SSSR count). The van der Waals surface area contributed by atoms with Gasteiger partial charge in [-0.2, -0.15) is 0 Å². The van der Waals surface area contributed by atoms with Crippen molar-refractivity contribution in [1.82, 2.24) is 15.1 Å². The number of ether oxygens (including phenoxy) is 1. The Bertz CT molecular complexity index is 731. The van der Waals surface area contributed by atoms with Crippen molar-refractivity contribution in [2.45, 2.75) is 45.1 Å². The summed E-state index contributed by atoms with van der Waals surface area (Å²) in [5, 5.41) is 11.6. The van der Waals surface area contributed by atoms with E-state index in [-0.39, 0.29) is 11.8 Å². The Hall–Kier alpha value is -2.45. The Balaban J connectivity index is 1.53. The Kier molecular flexibility index (Phi) is 6.87. The first-order chi connectivity index (χ1) is 13.8. The van der Waals surface area contributed by atoms with Crippen LogP contribution in [0.5, 0.6) is 0 Å². The van der Waals surface area contributed by atoms with E-state index in [2.05, 4.69) is 22.3 Å². The van der Waals surface area contributed by atoms with E-state index in [1.54, 1.807) is 4.90 Å². The van der Waals surface area contributed by atoms with Gasteiger partial charge in [-0.25, -0.2) is 4.79 Å². The molecule has 1 aromatic rings. The van der Waals surface area contributed by atoms with Gasteiger partial charge in [-0.3, -0.25) is 14.5 Å². The molecule has 3 atom stereocenters. The first-order valence-electron chi connectivity index (χ1n) is 10.1. The second-order valence-electron chi connectivity index (χ2n) is 8.09. The van der Waals surface area contributed by atoms with Crippen molar-refractivity contribution >= 4 is 17.8 Å². The van der Waals surface area contributed by atoms with E-state index < -0.39 is 30.1 Å². The molecule has 0 bridgehead atoms. The minimum absolute atomic E-state index is 0.112. The fraction of sp³-hybridized carbons (Fsp3) is 0.571. The van der Waals surface area contributed by atoms with Gasteiger partial charge in [0.05, 0.1) is 0 Å². The van der Waals surface area contributed by atoms with Crippen LogP contribution in [-0.4, -0.2) is 77.1 Å². The van der Waals surface area contributed by atoms with Gasteiger partial charge in [-0.1, -0.05) is 44.2 Å². The molecule has 29 heavy (non-hydrogen) atoms. The number of carboxylic acids is 1. The maximum absolute atomic E-state index is 13.0. The zero-order valence-corrected chi connectivity index (χ0v) is 16.9. The van der Waals surface area contributed by atoms with Gasteiger partial charge < -0.3 is 20.1 Å². The fourth-order valence-electron chi connectivity index (χ4n) is 3.63. The Morgan fingerprint density at radius 1 is 1.10 bits per heavy atom. The normalized spacial score (nSPS) is 22.9. The van der Waals surface area contributed by atoms with Crippen LogP contribution in [0.1, 0.15) is 25.8 Å². The van der Waals surface area contributed by atoms with E-state index in [0.717, 1.165) is 19.6 Å². The summed E-state index contributed by atoms with van der Waals surface area (Å²) in [7, 11) is 0. The predicted molar refractivity (Wildman–Crippen MR) is 106 cm³/mol. The van der Waals surface area contributed by atoms with Crippen LogP contribution >= 0.6 is 0 Å². The number of piperazine rings is 1. The van der Waals surface area contributed by atoms with Crippen LogP contribution in [0.3, 0.4) is 0 Å². The van der Waals surface area contributed by atoms with Gasteiger partial charge in [-0.05, 0) is 17.9 Å². The molecule has 0 aliphatic carbocycles. The topological polar surface area (TPSA) is 102 Å². The summed E-state index contributed by atoms with van der Waals surface area (Å²) in [5.74, 6) is -1.59. The van der Waals surface area contributed by atoms with Gasteiger partial charge in [0.25, 0.3) is 5.91 Å². The highest BCUT2D eigenvalue weighted by Gasteiger charge is 2.51. The van der Waals surface area contributed by atoms with Gasteiger partial charge in [0, 0.05) is 32.7 Å². The third kappa shape index (κ3) is 5.77. The Morgan fingerprint density at radius 2 is 1.76 bits per heavy atom. The number of aliphatic carboxylic acids is 1. The van der Waals surface area contributed by atoms with Gasteiger partial charge >= 0.3 is 5.97 Å². The zero-order chi connectivity index (χ0) is 21.0. The summed E-state index contributed by atoms with van der Waals surface area (Å²) in [4.78, 5) is 40.3. The van der Waals surface area contributed by atoms with Crippen LogP contribution < -0.4 is 5.32 Å². The number of carbonyl (C=O) groups is 3. The first-order valence-corrected chi connectivity index (χ1v) is 10.1. The van der Waals surface area contributed by atoms with Crippen LogP contribution in [0, 0.1) is 5.92 Å². The van der Waals surface area contributed by atoms with Crippen LogP contribution in [0.2, 0.25) is 0 Å². The molecule has 2 amide bonds. The number of carbonyl (C=O) groups excluding carboxylic acids is 2. The lowest BCUT2D eigenvalue weighted by Crippen LogP contribution is -2.55. The SMILES string of the molecule is CC(C)C[C@H](NC(=O)[C@H]1O[C@@H]1C(=O)O)C(=O)N1CCN(Cc2ccccc2)CC1. The van der Waals surface area contributed by atoms with Crippen molar-refractivity contribution in [3.05, 3.63) is 35.9 Å². The molecular formula is C21H29N3O5. The maximum atomic E-state index is 13.0.